The average molecular weight is 477 g/mol. The van der Waals surface area contributed by atoms with Crippen LogP contribution in [0.4, 0.5) is 4.79 Å². The predicted octanol–water partition coefficient (Wildman–Crippen LogP) is 5.72. The van der Waals surface area contributed by atoms with Gasteiger partial charge in [0.2, 0.25) is 0 Å². The highest BCUT2D eigenvalue weighted by Crippen LogP contribution is 2.38. The zero-order valence-electron chi connectivity index (χ0n) is 19.5. The van der Waals surface area contributed by atoms with Gasteiger partial charge < -0.3 is 14.3 Å². The van der Waals surface area contributed by atoms with Crippen molar-refractivity contribution in [3.8, 4) is 0 Å². The third kappa shape index (κ3) is 6.79. The van der Waals surface area contributed by atoms with Crippen LogP contribution in [-0.4, -0.2) is 47.5 Å². The first-order chi connectivity index (χ1) is 14.7. The molecule has 0 unspecified atom stereocenters. The van der Waals surface area contributed by atoms with E-state index < -0.39 is 24.3 Å². The van der Waals surface area contributed by atoms with Gasteiger partial charge in [0.25, 0.3) is 0 Å². The smallest absolute Gasteiger partial charge is 0.450 e. The van der Waals surface area contributed by atoms with Crippen LogP contribution >= 0.6 is 0 Å². The summed E-state index contributed by atoms with van der Waals surface area (Å²) in [6, 6.07) is 16.0. The molecule has 174 valence electrons. The Morgan fingerprint density at radius 3 is 1.88 bits per heavy atom. The Morgan fingerprint density at radius 2 is 1.41 bits per heavy atom. The Bertz CT molecular complexity index is 1070. The number of carboxylic acid groups (broad SMARTS) is 1. The number of hydrogen-bond acceptors (Lipinski definition) is 5. The van der Waals surface area contributed by atoms with E-state index >= 15 is 0 Å². The van der Waals surface area contributed by atoms with Gasteiger partial charge in [0.15, 0.2) is 18.2 Å². The van der Waals surface area contributed by atoms with Crippen LogP contribution in [0.1, 0.15) is 31.9 Å². The Kier molecular flexibility index (Phi) is 8.09. The fourth-order valence-electron chi connectivity index (χ4n) is 2.84. The summed E-state index contributed by atoms with van der Waals surface area (Å²) in [5.41, 5.74) is 3.01. The first-order valence-corrected chi connectivity index (χ1v) is 15.1. The topological polar surface area (TPSA) is 89.9 Å². The number of benzene rings is 2. The van der Waals surface area contributed by atoms with E-state index in [0.29, 0.717) is 11.1 Å². The van der Waals surface area contributed by atoms with Crippen LogP contribution in [-0.2, 0) is 19.0 Å². The highest BCUT2D eigenvalue weighted by molar-refractivity contribution is 7.90. The molecular weight excluding hydrogens is 444 g/mol. The Morgan fingerprint density at radius 1 is 0.906 bits per heavy atom. The summed E-state index contributed by atoms with van der Waals surface area (Å²) >= 11 is 0. The molecule has 0 heterocycles. The first-order valence-electron chi connectivity index (χ1n) is 10.3. The van der Waals surface area contributed by atoms with Crippen molar-refractivity contribution in [2.24, 2.45) is 0 Å². The molecule has 0 aromatic heterocycles. The molecule has 0 saturated carbocycles. The summed E-state index contributed by atoms with van der Waals surface area (Å²) in [7, 11) is -5.45. The van der Waals surface area contributed by atoms with E-state index in [0.717, 1.165) is 17.4 Å². The number of ether oxygens (including phenoxy) is 1. The molecule has 8 heteroatoms. The van der Waals surface area contributed by atoms with Crippen molar-refractivity contribution in [2.75, 3.05) is 19.5 Å². The van der Waals surface area contributed by atoms with Crippen molar-refractivity contribution >= 4 is 35.5 Å². The van der Waals surface area contributed by atoms with E-state index in [1.54, 1.807) is 12.1 Å². The van der Waals surface area contributed by atoms with Gasteiger partial charge in [-0.3, -0.25) is 0 Å². The molecule has 0 amide bonds. The average Bonchev–Trinajstić information content (AvgIpc) is 2.69. The monoisotopic (exact) mass is 476 g/mol. The van der Waals surface area contributed by atoms with E-state index in [1.165, 1.54) is 12.1 Å². The summed E-state index contributed by atoms with van der Waals surface area (Å²) in [6.07, 6.45) is -0.234. The van der Waals surface area contributed by atoms with Gasteiger partial charge in [-0.2, -0.15) is 0 Å². The van der Waals surface area contributed by atoms with E-state index in [2.05, 4.69) is 33.9 Å². The minimum absolute atomic E-state index is 0.00363. The SMILES string of the molecule is CC(C)(C)[Si](C)(C)OCC(=C(COC(=O)O)c1ccc(S(C)(=O)=O)cc1)c1ccccc1. The Labute approximate surface area is 191 Å². The normalized spacial score (nSPS) is 13.4. The van der Waals surface area contributed by atoms with Gasteiger partial charge in [0.1, 0.15) is 6.61 Å². The van der Waals surface area contributed by atoms with Crippen molar-refractivity contribution in [3.05, 3.63) is 65.7 Å². The third-order valence-corrected chi connectivity index (χ3v) is 11.4. The first kappa shape index (κ1) is 25.8. The standard InChI is InChI=1S/C24H32O6SSi/c1-24(2,3)32(5,6)30-17-22(18-10-8-7-9-11-18)21(16-29-23(25)26)19-12-14-20(15-13-19)31(4,27)28/h7-15H,16-17H2,1-6H3,(H,25,26). The molecular formula is C24H32O6SSi. The molecule has 0 aliphatic rings. The quantitative estimate of drug-likeness (QED) is 0.298. The van der Waals surface area contributed by atoms with Gasteiger partial charge in [-0.25, -0.2) is 13.2 Å². The highest BCUT2D eigenvalue weighted by Gasteiger charge is 2.37. The molecule has 2 aromatic carbocycles. The van der Waals surface area contributed by atoms with Crippen LogP contribution in [0.5, 0.6) is 0 Å². The number of sulfone groups is 1. The predicted molar refractivity (Wildman–Crippen MR) is 130 cm³/mol. The fourth-order valence-corrected chi connectivity index (χ4v) is 4.40. The van der Waals surface area contributed by atoms with Gasteiger partial charge in [-0.05, 0) is 47.0 Å². The zero-order chi connectivity index (χ0) is 24.2. The second-order valence-electron chi connectivity index (χ2n) is 9.22. The summed E-state index contributed by atoms with van der Waals surface area (Å²) in [5, 5.41) is 9.13. The minimum atomic E-state index is -3.35. The molecule has 0 radical (unpaired) electrons. The molecule has 0 bridgehead atoms. The van der Waals surface area contributed by atoms with E-state index in [4.69, 9.17) is 14.3 Å². The molecule has 0 saturated heterocycles. The van der Waals surface area contributed by atoms with E-state index in [-0.39, 0.29) is 23.1 Å². The molecule has 0 aliphatic carbocycles. The van der Waals surface area contributed by atoms with Crippen LogP contribution in [0, 0.1) is 0 Å². The largest absolute Gasteiger partial charge is 0.506 e. The van der Waals surface area contributed by atoms with Crippen molar-refractivity contribution in [1.29, 1.82) is 0 Å². The van der Waals surface area contributed by atoms with Crippen molar-refractivity contribution in [1.82, 2.24) is 0 Å². The summed E-state index contributed by atoms with van der Waals surface area (Å²) < 4.78 is 35.2. The number of carbonyl (C=O) groups is 1. The van der Waals surface area contributed by atoms with Gasteiger partial charge in [0.05, 0.1) is 11.5 Å². The maximum Gasteiger partial charge on any atom is 0.506 e. The second-order valence-corrected chi connectivity index (χ2v) is 16.0. The lowest BCUT2D eigenvalue weighted by atomic mass is 9.95. The van der Waals surface area contributed by atoms with Crippen LogP contribution in [0.3, 0.4) is 0 Å². The molecule has 2 rings (SSSR count). The maximum atomic E-state index is 11.9. The lowest BCUT2D eigenvalue weighted by molar-refractivity contribution is 0.103. The van der Waals surface area contributed by atoms with E-state index in [1.807, 2.05) is 30.3 Å². The van der Waals surface area contributed by atoms with Crippen molar-refractivity contribution in [2.45, 2.75) is 43.8 Å². The molecule has 0 aliphatic heterocycles. The molecule has 0 atom stereocenters. The fraction of sp³-hybridized carbons (Fsp3) is 0.375. The summed E-state index contributed by atoms with van der Waals surface area (Å²) in [4.78, 5) is 11.4. The molecule has 0 spiro atoms. The highest BCUT2D eigenvalue weighted by atomic mass is 32.2. The van der Waals surface area contributed by atoms with Crippen LogP contribution in [0.25, 0.3) is 11.1 Å². The molecule has 1 N–H and O–H groups in total. The number of rotatable bonds is 8. The van der Waals surface area contributed by atoms with Gasteiger partial charge >= 0.3 is 6.16 Å². The van der Waals surface area contributed by atoms with E-state index in [9.17, 15) is 13.2 Å². The third-order valence-electron chi connectivity index (χ3n) is 5.84. The number of hydrogen-bond donors (Lipinski definition) is 1. The van der Waals surface area contributed by atoms with Crippen molar-refractivity contribution in [3.63, 3.8) is 0 Å². The Balaban J connectivity index is 2.63. The molecule has 32 heavy (non-hydrogen) atoms. The second kappa shape index (κ2) is 10.0. The van der Waals surface area contributed by atoms with Crippen LogP contribution in [0.15, 0.2) is 59.5 Å². The van der Waals surface area contributed by atoms with Gasteiger partial charge in [0, 0.05) is 11.8 Å². The van der Waals surface area contributed by atoms with Crippen molar-refractivity contribution < 1.29 is 27.5 Å². The van der Waals surface area contributed by atoms with Crippen LogP contribution < -0.4 is 0 Å². The molecule has 0 fully saturated rings. The zero-order valence-corrected chi connectivity index (χ0v) is 21.3. The minimum Gasteiger partial charge on any atom is -0.450 e. The van der Waals surface area contributed by atoms with Gasteiger partial charge in [-0.1, -0.05) is 63.2 Å². The van der Waals surface area contributed by atoms with Crippen LogP contribution in [0.2, 0.25) is 18.1 Å². The maximum absolute atomic E-state index is 11.9. The molecule has 6 nitrogen and oxygen atoms in total. The lowest BCUT2D eigenvalue weighted by Crippen LogP contribution is -2.41. The molecule has 2 aromatic rings. The van der Waals surface area contributed by atoms with Gasteiger partial charge in [-0.15, -0.1) is 0 Å². The Hall–Kier alpha value is -2.42. The summed E-state index contributed by atoms with van der Waals surface area (Å²) in [6.45, 7) is 10.9. The lowest BCUT2D eigenvalue weighted by Gasteiger charge is -2.36. The summed E-state index contributed by atoms with van der Waals surface area (Å²) in [5.74, 6) is 0.